The van der Waals surface area contributed by atoms with E-state index < -0.39 is 238 Å². The first kappa shape index (κ1) is 74.9. The highest BCUT2D eigenvalue weighted by Crippen LogP contribution is 2.50. The molecule has 0 aliphatic carbocycles. The van der Waals surface area contributed by atoms with Gasteiger partial charge in [-0.25, -0.2) is 4.79 Å². The molecule has 30 nitrogen and oxygen atoms in total. The number of phenols is 3. The van der Waals surface area contributed by atoms with Crippen LogP contribution in [0.2, 0.25) is 10.0 Å². The van der Waals surface area contributed by atoms with E-state index in [1.54, 1.807) is 6.92 Å². The Labute approximate surface area is 586 Å². The van der Waals surface area contributed by atoms with Crippen LogP contribution >= 0.6 is 23.2 Å². The zero-order valence-corrected chi connectivity index (χ0v) is 56.5. The molecule has 0 saturated carbocycles. The molecular formula is C69H78Cl2N6O24. The molecule has 7 heterocycles. The lowest BCUT2D eigenvalue weighted by Crippen LogP contribution is -2.64. The monoisotopic (exact) mass is 1440 g/mol. The molecule has 542 valence electrons. The first-order chi connectivity index (χ1) is 47.7. The number of rotatable bonds is 13. The Morgan fingerprint density at radius 2 is 1.38 bits per heavy atom. The number of fused-ring (bicyclic) bond motifs is 15. The van der Waals surface area contributed by atoms with Crippen LogP contribution in [-0.2, 0) is 52.6 Å². The zero-order chi connectivity index (χ0) is 73.5. The largest absolute Gasteiger partial charge is 0.508 e. The fourth-order valence-corrected chi connectivity index (χ4v) is 13.7. The van der Waals surface area contributed by atoms with E-state index in [0.717, 1.165) is 54.6 Å². The van der Waals surface area contributed by atoms with Gasteiger partial charge in [-0.3, -0.25) is 33.6 Å². The lowest BCUT2D eigenvalue weighted by Gasteiger charge is -2.47. The summed E-state index contributed by atoms with van der Waals surface area (Å²) in [7, 11) is 0. The number of Topliss-reactive ketones (excluding diaryl/α,β-unsaturated/α-hetero) is 2. The summed E-state index contributed by atoms with van der Waals surface area (Å²) < 4.78 is 38.5. The third-order valence-corrected chi connectivity index (χ3v) is 19.2. The highest BCUT2D eigenvalue weighted by atomic mass is 35.5. The van der Waals surface area contributed by atoms with Crippen LogP contribution in [-0.4, -0.2) is 172 Å². The number of benzene rings is 5. The summed E-state index contributed by atoms with van der Waals surface area (Å²) >= 11 is 14.2. The number of aliphatic carboxylic acids is 1. The number of carboxylic acids is 1. The summed E-state index contributed by atoms with van der Waals surface area (Å²) in [4.78, 5) is 117. The molecular weight excluding hydrogens is 1370 g/mol. The Bertz CT molecular complexity index is 4060. The number of primary amides is 1. The van der Waals surface area contributed by atoms with Crippen LogP contribution in [0.5, 0.6) is 46.0 Å². The minimum Gasteiger partial charge on any atom is -0.508 e. The third kappa shape index (κ3) is 16.0. The number of ketones is 2. The van der Waals surface area contributed by atoms with Crippen LogP contribution in [0.1, 0.15) is 131 Å². The number of aliphatic hydroxyl groups is 6. The summed E-state index contributed by atoms with van der Waals surface area (Å²) in [6.07, 6.45) is -19.8. The first-order valence-electron chi connectivity index (χ1n) is 32.4. The number of hydrogen-bond donors (Lipinski definition) is 16. The van der Waals surface area contributed by atoms with Crippen LogP contribution in [0.25, 0.3) is 11.1 Å². The van der Waals surface area contributed by atoms with Gasteiger partial charge in [-0.05, 0) is 109 Å². The number of carbonyl (C=O) groups is 8. The van der Waals surface area contributed by atoms with Crippen molar-refractivity contribution in [1.29, 1.82) is 0 Å². The molecule has 2 saturated heterocycles. The Morgan fingerprint density at radius 1 is 0.743 bits per heavy atom. The summed E-state index contributed by atoms with van der Waals surface area (Å²) in [5, 5.41) is 123. The van der Waals surface area contributed by atoms with Crippen molar-refractivity contribution in [3.8, 4) is 57.1 Å². The molecule has 2 fully saturated rings. The normalized spacial score (nSPS) is 29.6. The molecule has 5 aromatic rings. The lowest BCUT2D eigenvalue weighted by molar-refractivity contribution is -0.333. The molecule has 0 aromatic heterocycles. The van der Waals surface area contributed by atoms with Gasteiger partial charge in [0, 0.05) is 59.9 Å². The van der Waals surface area contributed by atoms with Crippen LogP contribution in [0.15, 0.2) is 78.9 Å². The second-order valence-electron chi connectivity index (χ2n) is 26.6. The molecule has 12 rings (SSSR count). The van der Waals surface area contributed by atoms with Gasteiger partial charge in [0.2, 0.25) is 41.6 Å². The predicted molar refractivity (Wildman–Crippen MR) is 353 cm³/mol. The summed E-state index contributed by atoms with van der Waals surface area (Å²) in [5.41, 5.74) is 8.53. The van der Waals surface area contributed by atoms with E-state index in [-0.39, 0.29) is 51.1 Å². The van der Waals surface area contributed by atoms with E-state index in [2.05, 4.69) is 21.3 Å². The lowest BCUT2D eigenvalue weighted by atomic mass is 9.84. The van der Waals surface area contributed by atoms with Gasteiger partial charge in [-0.1, -0.05) is 62.2 Å². The smallest absolute Gasteiger partial charge is 0.330 e. The Hall–Kier alpha value is -8.76. The van der Waals surface area contributed by atoms with Crippen LogP contribution in [0.3, 0.4) is 0 Å². The number of hydrogen-bond acceptors (Lipinski definition) is 24. The molecule has 0 spiro atoms. The minimum absolute atomic E-state index is 0.0143. The maximum atomic E-state index is 16.2. The van der Waals surface area contributed by atoms with Gasteiger partial charge in [0.1, 0.15) is 77.4 Å². The van der Waals surface area contributed by atoms with E-state index in [1.165, 1.54) is 38.1 Å². The molecule has 18 N–H and O–H groups in total. The number of aliphatic hydroxyl groups excluding tert-OH is 6. The summed E-state index contributed by atoms with van der Waals surface area (Å²) in [6.45, 7) is 7.55. The van der Waals surface area contributed by atoms with E-state index in [1.807, 2.05) is 13.8 Å². The minimum atomic E-state index is -2.24. The van der Waals surface area contributed by atoms with Gasteiger partial charge in [0.15, 0.2) is 41.5 Å². The van der Waals surface area contributed by atoms with Gasteiger partial charge in [-0.2, -0.15) is 0 Å². The Balaban J connectivity index is 1.24. The van der Waals surface area contributed by atoms with Crippen molar-refractivity contribution >= 4 is 70.3 Å². The van der Waals surface area contributed by atoms with Crippen molar-refractivity contribution in [2.75, 3.05) is 6.61 Å². The van der Waals surface area contributed by atoms with Crippen molar-refractivity contribution in [2.45, 2.75) is 170 Å². The Morgan fingerprint density at radius 3 is 1.96 bits per heavy atom. The SMILES string of the molecule is CC[C@H](CC(C)C)C(=O)N[C@H]1C(=O)C[C@@H](CC(N)=O)C(=O)N[C@H]2C(=O)C[C@H]3C(=O)N[C@H](C(=O)N[C@H](C(=O)O)c4cc(O)cc(O)c4-c4cc3ccc4O)[C@H](O)c3ccc(c(Cl)c3)Oc3cc2cc(c3OC2OC(CO)[C@H](O)C(O)C2OC2CC(C)(N)C(O)[C@H](C)O2)Oc2ccc(cc2Cl)[C@H]1O. The standard InChI is InChI=1S/C69H78Cl2N6O24/c1-6-28(13-26(2)3)63(90)76-54-42(82)17-33(20-49(72)84)64(91)74-52-32-18-46(97-44-11-8-30(56(54)85)15-38(44)70)60(101-68-61(59(88)58(87)48(25-78)99-68)100-50-24-69(5,73)62(89)27(4)96-50)47(19-32)98-45-12-9-31(16-39(45)71)57(86)55-66(93)75-53(67(94)95)37-21-34(79)22-41(81)51(37)36-14-29(7-10-40(36)80)35(23-43(52)83)65(92)77-55/h7-12,14-16,18-19,21-22,26-28,33,35,48,50,52-59,61-62,68,78-81,85-89H,6,13,17,20,23-25,73H2,1-5H3,(H2,72,84)(H,74,91)(H,75,93)(H,76,90)(H,77,92)(H,94,95)/t27-,28+,33-,35+,48?,50?,52+,53-,54-,55-,56+,57+,58-,59?,61?,62?,68?,69?/m0/s1. The molecule has 11 bridgehead atoms. The first-order valence-corrected chi connectivity index (χ1v) is 33.2. The number of amides is 5. The second kappa shape index (κ2) is 30.4. The van der Waals surface area contributed by atoms with E-state index in [9.17, 15) is 75.0 Å². The number of carboxylic acid groups (broad SMARTS) is 1. The van der Waals surface area contributed by atoms with Crippen molar-refractivity contribution in [2.24, 2.45) is 29.2 Å². The van der Waals surface area contributed by atoms with Crippen molar-refractivity contribution in [3.63, 3.8) is 0 Å². The number of nitrogens with one attached hydrogen (secondary N) is 4. The average Bonchev–Trinajstić information content (AvgIpc) is 0.775. The number of carbonyl (C=O) groups excluding carboxylic acids is 7. The molecule has 5 amide bonds. The highest BCUT2D eigenvalue weighted by molar-refractivity contribution is 6.32. The quantitative estimate of drug-likeness (QED) is 0.0801. The van der Waals surface area contributed by atoms with Crippen molar-refractivity contribution in [1.82, 2.24) is 21.3 Å². The van der Waals surface area contributed by atoms with E-state index >= 15 is 14.4 Å². The number of nitrogens with two attached hydrogens (primary N) is 2. The summed E-state index contributed by atoms with van der Waals surface area (Å²) in [6, 6.07) is 5.66. The number of halogens is 2. The molecule has 5 aromatic carbocycles. The number of aromatic hydroxyl groups is 3. The molecule has 7 aliphatic rings. The van der Waals surface area contributed by atoms with E-state index in [0.29, 0.717) is 12.8 Å². The molecule has 18 atom stereocenters. The van der Waals surface area contributed by atoms with Crippen LogP contribution in [0.4, 0.5) is 0 Å². The summed E-state index contributed by atoms with van der Waals surface area (Å²) in [5.74, 6) is -18.9. The fourth-order valence-electron chi connectivity index (χ4n) is 13.2. The Kier molecular flexibility index (Phi) is 22.6. The van der Waals surface area contributed by atoms with Crippen molar-refractivity contribution in [3.05, 3.63) is 117 Å². The molecule has 0 radical (unpaired) electrons. The van der Waals surface area contributed by atoms with Gasteiger partial charge in [0.05, 0.1) is 40.7 Å². The van der Waals surface area contributed by atoms with E-state index in [4.69, 9.17) is 63.1 Å². The number of phenolic OH excluding ortho intramolecular Hbond substituents is 3. The van der Waals surface area contributed by atoms with Crippen LogP contribution in [0, 0.1) is 17.8 Å². The zero-order valence-electron chi connectivity index (χ0n) is 54.9. The molecule has 101 heavy (non-hydrogen) atoms. The second-order valence-corrected chi connectivity index (χ2v) is 27.4. The van der Waals surface area contributed by atoms with Crippen LogP contribution < -0.4 is 46.9 Å². The molecule has 7 aliphatic heterocycles. The fraction of sp³-hybridized carbons (Fsp3) is 0.449. The maximum absolute atomic E-state index is 16.2. The van der Waals surface area contributed by atoms with Gasteiger partial charge in [0.25, 0.3) is 0 Å². The maximum Gasteiger partial charge on any atom is 0.330 e. The molecule has 32 heteroatoms. The van der Waals surface area contributed by atoms with Gasteiger partial charge < -0.3 is 112 Å². The van der Waals surface area contributed by atoms with Crippen molar-refractivity contribution < 1.29 is 118 Å². The number of ether oxygens (including phenoxy) is 6. The average molecular weight is 1450 g/mol. The third-order valence-electron chi connectivity index (χ3n) is 18.6. The molecule has 7 unspecified atom stereocenters. The highest BCUT2D eigenvalue weighted by Gasteiger charge is 2.51. The predicted octanol–water partition coefficient (Wildman–Crippen LogP) is 3.52. The van der Waals surface area contributed by atoms with Gasteiger partial charge in [-0.15, -0.1) is 0 Å². The van der Waals surface area contributed by atoms with Gasteiger partial charge >= 0.3 is 5.97 Å². The topological polar surface area (TPSA) is 494 Å².